The molecule has 0 aliphatic carbocycles. The number of nitrogens with zero attached hydrogens (tertiary/aromatic N) is 1. The Morgan fingerprint density at radius 2 is 2.43 bits per heavy atom. The van der Waals surface area contributed by atoms with Crippen LogP contribution in [0.5, 0.6) is 0 Å². The molecular formula is C8H10N2O2S2. The Morgan fingerprint density at radius 1 is 1.57 bits per heavy atom. The molecule has 1 aromatic rings. The maximum Gasteiger partial charge on any atom is 0.259 e. The van der Waals surface area contributed by atoms with E-state index in [2.05, 4.69) is 5.16 Å². The van der Waals surface area contributed by atoms with Crippen LogP contribution in [0.3, 0.4) is 0 Å². The quantitative estimate of drug-likeness (QED) is 0.786. The Bertz CT molecular complexity index is 362. The predicted octanol–water partition coefficient (Wildman–Crippen LogP) is 1.73. The summed E-state index contributed by atoms with van der Waals surface area (Å²) in [6.07, 6.45) is 0. The zero-order chi connectivity index (χ0) is 9.97. The van der Waals surface area contributed by atoms with Crippen LogP contribution in [-0.2, 0) is 9.57 Å². The molecule has 1 aromatic heterocycles. The third-order valence-electron chi connectivity index (χ3n) is 1.83. The Hall–Kier alpha value is -0.720. The van der Waals surface area contributed by atoms with Crippen molar-refractivity contribution < 1.29 is 9.57 Å². The molecule has 4 nitrogen and oxygen atoms in total. The minimum Gasteiger partial charge on any atom is -0.471 e. The van der Waals surface area contributed by atoms with E-state index < -0.39 is 0 Å². The van der Waals surface area contributed by atoms with Crippen LogP contribution in [0.15, 0.2) is 15.4 Å². The van der Waals surface area contributed by atoms with Gasteiger partial charge in [0.1, 0.15) is 6.61 Å². The summed E-state index contributed by atoms with van der Waals surface area (Å²) in [5, 5.41) is 11.4. The average Bonchev–Trinajstić information content (AvgIpc) is 2.61. The van der Waals surface area contributed by atoms with E-state index in [-0.39, 0.29) is 0 Å². The van der Waals surface area contributed by atoms with Gasteiger partial charge in [-0.15, -0.1) is 11.3 Å². The zero-order valence-corrected chi connectivity index (χ0v) is 9.28. The molecule has 0 saturated heterocycles. The fourth-order valence-electron chi connectivity index (χ4n) is 1.17. The summed E-state index contributed by atoms with van der Waals surface area (Å²) in [5.74, 6) is 0.536. The summed E-state index contributed by atoms with van der Waals surface area (Å²) >= 11 is 2.85. The van der Waals surface area contributed by atoms with Gasteiger partial charge in [-0.2, -0.15) is 0 Å². The maximum atomic E-state index is 5.57. The van der Waals surface area contributed by atoms with E-state index in [9.17, 15) is 0 Å². The van der Waals surface area contributed by atoms with Crippen LogP contribution in [0.1, 0.15) is 10.4 Å². The fraction of sp³-hybridized carbons (Fsp3) is 0.375. The van der Waals surface area contributed by atoms with Crippen LogP contribution >= 0.6 is 23.3 Å². The molecule has 0 atom stereocenters. The van der Waals surface area contributed by atoms with Crippen LogP contribution in [0, 0.1) is 6.92 Å². The molecule has 2 N–H and O–H groups in total. The molecule has 0 saturated carbocycles. The van der Waals surface area contributed by atoms with Crippen molar-refractivity contribution in [1.82, 2.24) is 0 Å². The monoisotopic (exact) mass is 230 g/mol. The smallest absolute Gasteiger partial charge is 0.259 e. The largest absolute Gasteiger partial charge is 0.471 e. The van der Waals surface area contributed by atoms with Gasteiger partial charge in [-0.25, -0.2) is 0 Å². The Balaban J connectivity index is 2.35. The molecule has 6 heteroatoms. The summed E-state index contributed by atoms with van der Waals surface area (Å²) in [6, 6.07) is 0. The highest BCUT2D eigenvalue weighted by atomic mass is 32.2. The summed E-state index contributed by atoms with van der Waals surface area (Å²) < 4.78 is 5.38. The molecule has 0 spiro atoms. The summed E-state index contributed by atoms with van der Waals surface area (Å²) in [5.41, 5.74) is 0.930. The molecule has 1 aliphatic heterocycles. The molecule has 0 aromatic carbocycles. The van der Waals surface area contributed by atoms with Crippen molar-refractivity contribution in [3.05, 3.63) is 15.8 Å². The lowest BCUT2D eigenvalue weighted by atomic mass is 10.3. The standard InChI is InChI=1S/C8H10N2O2S2/c1-5-7(14-9)6(4-13-5)8-10-12-3-2-11-8/h4H,2-3,9H2,1H3. The van der Waals surface area contributed by atoms with Crippen molar-refractivity contribution in [2.24, 2.45) is 10.3 Å². The third-order valence-corrected chi connectivity index (χ3v) is 3.63. The lowest BCUT2D eigenvalue weighted by Crippen LogP contribution is -2.17. The van der Waals surface area contributed by atoms with Gasteiger partial charge in [-0.3, -0.25) is 5.14 Å². The number of hydrogen-bond acceptors (Lipinski definition) is 6. The average molecular weight is 230 g/mol. The van der Waals surface area contributed by atoms with Crippen molar-refractivity contribution in [3.63, 3.8) is 0 Å². The lowest BCUT2D eigenvalue weighted by molar-refractivity contribution is 0.0654. The predicted molar refractivity (Wildman–Crippen MR) is 57.5 cm³/mol. The number of rotatable bonds is 2. The summed E-state index contributed by atoms with van der Waals surface area (Å²) in [7, 11) is 0. The second-order valence-corrected chi connectivity index (χ2v) is 4.46. The van der Waals surface area contributed by atoms with E-state index in [4.69, 9.17) is 14.7 Å². The van der Waals surface area contributed by atoms with Gasteiger partial charge in [-0.05, 0) is 24.0 Å². The molecule has 76 valence electrons. The summed E-state index contributed by atoms with van der Waals surface area (Å²) in [4.78, 5) is 7.15. The first-order valence-corrected chi connectivity index (χ1v) is 5.87. The molecule has 2 heterocycles. The van der Waals surface area contributed by atoms with Crippen LogP contribution in [0.4, 0.5) is 0 Å². The highest BCUT2D eigenvalue weighted by Gasteiger charge is 2.17. The van der Waals surface area contributed by atoms with Crippen molar-refractivity contribution in [2.75, 3.05) is 13.2 Å². The van der Waals surface area contributed by atoms with Crippen molar-refractivity contribution >= 4 is 29.2 Å². The van der Waals surface area contributed by atoms with Gasteiger partial charge in [0.15, 0.2) is 6.61 Å². The van der Waals surface area contributed by atoms with E-state index in [0.717, 1.165) is 10.5 Å². The van der Waals surface area contributed by atoms with Gasteiger partial charge in [-0.1, -0.05) is 0 Å². The number of aryl methyl sites for hydroxylation is 1. The lowest BCUT2D eigenvalue weighted by Gasteiger charge is -2.13. The number of hydrogen-bond donors (Lipinski definition) is 1. The zero-order valence-electron chi connectivity index (χ0n) is 7.65. The highest BCUT2D eigenvalue weighted by Crippen LogP contribution is 2.29. The highest BCUT2D eigenvalue weighted by molar-refractivity contribution is 7.97. The van der Waals surface area contributed by atoms with E-state index in [1.54, 1.807) is 11.3 Å². The molecule has 0 amide bonds. The van der Waals surface area contributed by atoms with Crippen LogP contribution < -0.4 is 5.14 Å². The van der Waals surface area contributed by atoms with Crippen molar-refractivity contribution in [2.45, 2.75) is 11.8 Å². The van der Waals surface area contributed by atoms with E-state index >= 15 is 0 Å². The SMILES string of the molecule is Cc1scc(C2=NOCCO2)c1SN. The van der Waals surface area contributed by atoms with Crippen molar-refractivity contribution in [3.8, 4) is 0 Å². The van der Waals surface area contributed by atoms with Gasteiger partial charge in [0.05, 0.1) is 5.56 Å². The number of oxime groups is 1. The van der Waals surface area contributed by atoms with Gasteiger partial charge < -0.3 is 9.57 Å². The molecular weight excluding hydrogens is 220 g/mol. The molecule has 0 radical (unpaired) electrons. The van der Waals surface area contributed by atoms with Gasteiger partial charge in [0.2, 0.25) is 0 Å². The normalized spacial score (nSPS) is 15.7. The molecule has 0 unspecified atom stereocenters. The first kappa shape index (κ1) is 9.82. The molecule has 1 aliphatic rings. The maximum absolute atomic E-state index is 5.57. The van der Waals surface area contributed by atoms with Gasteiger partial charge in [0.25, 0.3) is 5.90 Å². The molecule has 14 heavy (non-hydrogen) atoms. The third kappa shape index (κ3) is 1.73. The Kier molecular flexibility index (Phi) is 2.95. The van der Waals surface area contributed by atoms with Crippen molar-refractivity contribution in [1.29, 1.82) is 0 Å². The first-order chi connectivity index (χ1) is 6.83. The minimum absolute atomic E-state index is 0.512. The minimum atomic E-state index is 0.512. The van der Waals surface area contributed by atoms with E-state index in [0.29, 0.717) is 19.1 Å². The second kappa shape index (κ2) is 4.20. The number of ether oxygens (including phenoxy) is 1. The summed E-state index contributed by atoms with van der Waals surface area (Å²) in [6.45, 7) is 3.08. The first-order valence-electron chi connectivity index (χ1n) is 4.11. The fourth-order valence-corrected chi connectivity index (χ4v) is 2.70. The topological polar surface area (TPSA) is 56.8 Å². The van der Waals surface area contributed by atoms with Crippen LogP contribution in [0.25, 0.3) is 0 Å². The Labute approximate surface area is 90.2 Å². The van der Waals surface area contributed by atoms with Crippen LogP contribution in [0.2, 0.25) is 0 Å². The Morgan fingerprint density at radius 3 is 3.07 bits per heavy atom. The molecule has 0 fully saturated rings. The van der Waals surface area contributed by atoms with Gasteiger partial charge >= 0.3 is 0 Å². The molecule has 2 rings (SSSR count). The van der Waals surface area contributed by atoms with Crippen LogP contribution in [-0.4, -0.2) is 19.1 Å². The molecule has 0 bridgehead atoms. The van der Waals surface area contributed by atoms with Gasteiger partial charge in [0, 0.05) is 15.2 Å². The second-order valence-electron chi connectivity index (χ2n) is 2.73. The van der Waals surface area contributed by atoms with E-state index in [1.807, 2.05) is 12.3 Å². The number of nitrogens with two attached hydrogens (primary N) is 1. The van der Waals surface area contributed by atoms with E-state index in [1.165, 1.54) is 16.8 Å². The number of thiophene rings is 1.